The summed E-state index contributed by atoms with van der Waals surface area (Å²) in [6.07, 6.45) is 0.583. The maximum Gasteiger partial charge on any atom is 0.407 e. The third kappa shape index (κ3) is 5.38. The molecule has 1 heterocycles. The van der Waals surface area contributed by atoms with Crippen molar-refractivity contribution in [3.05, 3.63) is 27.7 Å². The van der Waals surface area contributed by atoms with Gasteiger partial charge in [0.05, 0.1) is 7.11 Å². The molecule has 1 aliphatic rings. The van der Waals surface area contributed by atoms with Gasteiger partial charge in [-0.2, -0.15) is 0 Å². The van der Waals surface area contributed by atoms with E-state index in [2.05, 4.69) is 38.3 Å². The number of aryl methyl sites for hydroxylation is 1. The number of methoxy groups -OCH3 is 1. The lowest BCUT2D eigenvalue weighted by atomic mass is 10.1. The number of ether oxygens (including phenoxy) is 2. The van der Waals surface area contributed by atoms with E-state index in [-0.39, 0.29) is 12.1 Å². The van der Waals surface area contributed by atoms with Crippen LogP contribution in [0, 0.1) is 6.92 Å². The molecule has 6 heteroatoms. The first-order chi connectivity index (χ1) is 11.2. The lowest BCUT2D eigenvalue weighted by Crippen LogP contribution is -2.40. The quantitative estimate of drug-likeness (QED) is 0.836. The number of nitrogens with zero attached hydrogens (tertiary/aromatic N) is 1. The van der Waals surface area contributed by atoms with Crippen molar-refractivity contribution < 1.29 is 14.3 Å². The second-order valence-electron chi connectivity index (χ2n) is 7.28. The number of carbonyl (C=O) groups excluding carboxylic acids is 1. The van der Waals surface area contributed by atoms with E-state index >= 15 is 0 Å². The lowest BCUT2D eigenvalue weighted by Gasteiger charge is -2.22. The number of amides is 1. The Hall–Kier alpha value is -1.27. The van der Waals surface area contributed by atoms with Gasteiger partial charge >= 0.3 is 6.09 Å². The maximum absolute atomic E-state index is 11.9. The summed E-state index contributed by atoms with van der Waals surface area (Å²) < 4.78 is 11.9. The smallest absolute Gasteiger partial charge is 0.407 e. The normalized spacial score (nSPS) is 18.5. The van der Waals surface area contributed by atoms with Crippen LogP contribution in [0.2, 0.25) is 0 Å². The van der Waals surface area contributed by atoms with Crippen molar-refractivity contribution in [1.82, 2.24) is 10.2 Å². The minimum Gasteiger partial charge on any atom is -0.496 e. The van der Waals surface area contributed by atoms with E-state index in [1.54, 1.807) is 7.11 Å². The highest BCUT2D eigenvalue weighted by Crippen LogP contribution is 2.29. The molecule has 2 rings (SSSR count). The third-order valence-electron chi connectivity index (χ3n) is 3.91. The van der Waals surface area contributed by atoms with E-state index in [0.29, 0.717) is 0 Å². The summed E-state index contributed by atoms with van der Waals surface area (Å²) in [6.45, 7) is 10.2. The van der Waals surface area contributed by atoms with Crippen LogP contribution in [-0.4, -0.2) is 42.8 Å². The lowest BCUT2D eigenvalue weighted by molar-refractivity contribution is 0.0505. The van der Waals surface area contributed by atoms with Crippen LogP contribution in [0.1, 0.15) is 38.3 Å². The van der Waals surface area contributed by atoms with Crippen molar-refractivity contribution in [2.75, 3.05) is 20.2 Å². The molecule has 0 aliphatic carbocycles. The molecule has 1 fully saturated rings. The molecule has 1 amide bonds. The predicted molar refractivity (Wildman–Crippen MR) is 98.5 cm³/mol. The summed E-state index contributed by atoms with van der Waals surface area (Å²) in [7, 11) is 1.70. The fraction of sp³-hybridized carbons (Fsp3) is 0.611. The zero-order valence-corrected chi connectivity index (χ0v) is 16.7. The number of halogens is 1. The van der Waals surface area contributed by atoms with Crippen LogP contribution in [0.4, 0.5) is 4.79 Å². The third-order valence-corrected chi connectivity index (χ3v) is 4.37. The minimum atomic E-state index is -0.469. The van der Waals surface area contributed by atoms with Gasteiger partial charge in [-0.3, -0.25) is 4.90 Å². The van der Waals surface area contributed by atoms with Crippen LogP contribution in [0.25, 0.3) is 0 Å². The molecule has 24 heavy (non-hydrogen) atoms. The summed E-state index contributed by atoms with van der Waals surface area (Å²) in [5.41, 5.74) is 1.80. The Morgan fingerprint density at radius 2 is 2.12 bits per heavy atom. The van der Waals surface area contributed by atoms with Gasteiger partial charge in [-0.15, -0.1) is 0 Å². The Morgan fingerprint density at radius 1 is 1.42 bits per heavy atom. The molecule has 0 bridgehead atoms. The van der Waals surface area contributed by atoms with Crippen molar-refractivity contribution in [1.29, 1.82) is 0 Å². The number of rotatable bonds is 4. The van der Waals surface area contributed by atoms with Gasteiger partial charge in [0.2, 0.25) is 0 Å². The largest absolute Gasteiger partial charge is 0.496 e. The highest BCUT2D eigenvalue weighted by atomic mass is 79.9. The average Bonchev–Trinajstić information content (AvgIpc) is 2.83. The Bertz CT molecular complexity index is 599. The molecular weight excluding hydrogens is 372 g/mol. The Labute approximate surface area is 152 Å². The van der Waals surface area contributed by atoms with Crippen LogP contribution in [0.3, 0.4) is 0 Å². The van der Waals surface area contributed by atoms with Gasteiger partial charge in [0, 0.05) is 35.7 Å². The summed E-state index contributed by atoms with van der Waals surface area (Å²) >= 11 is 3.55. The van der Waals surface area contributed by atoms with E-state index < -0.39 is 5.60 Å². The molecule has 0 radical (unpaired) electrons. The molecule has 5 nitrogen and oxygen atoms in total. The van der Waals surface area contributed by atoms with Gasteiger partial charge in [-0.1, -0.05) is 15.9 Å². The van der Waals surface area contributed by atoms with Gasteiger partial charge in [0.1, 0.15) is 11.4 Å². The summed E-state index contributed by atoms with van der Waals surface area (Å²) in [5.74, 6) is 0.932. The molecule has 1 atom stereocenters. The van der Waals surface area contributed by atoms with Gasteiger partial charge in [-0.05, 0) is 51.8 Å². The monoisotopic (exact) mass is 398 g/mol. The van der Waals surface area contributed by atoms with Crippen LogP contribution in [0.15, 0.2) is 16.6 Å². The number of hydrogen-bond acceptors (Lipinski definition) is 4. The first-order valence-electron chi connectivity index (χ1n) is 8.23. The van der Waals surface area contributed by atoms with Crippen LogP contribution < -0.4 is 10.1 Å². The van der Waals surface area contributed by atoms with Crippen molar-refractivity contribution in [2.24, 2.45) is 0 Å². The first kappa shape index (κ1) is 19.1. The maximum atomic E-state index is 11.9. The van der Waals surface area contributed by atoms with Crippen molar-refractivity contribution in [3.63, 3.8) is 0 Å². The Balaban J connectivity index is 1.94. The molecule has 0 aromatic heterocycles. The highest BCUT2D eigenvalue weighted by molar-refractivity contribution is 9.10. The molecule has 1 saturated heterocycles. The van der Waals surface area contributed by atoms with Crippen molar-refractivity contribution in [2.45, 2.75) is 52.3 Å². The van der Waals surface area contributed by atoms with Crippen LogP contribution >= 0.6 is 15.9 Å². The number of nitrogens with one attached hydrogen (secondary N) is 1. The summed E-state index contributed by atoms with van der Waals surface area (Å²) in [6, 6.07) is 4.28. The standard InChI is InChI=1S/C18H27BrN2O3/c1-12-8-14(19)9-13(16(12)23-5)10-21-7-6-15(11-21)20-17(22)24-18(2,3)4/h8-9,15H,6-7,10-11H2,1-5H3,(H,20,22). The minimum absolute atomic E-state index is 0.124. The molecule has 134 valence electrons. The van der Waals surface area contributed by atoms with Gasteiger partial charge < -0.3 is 14.8 Å². The molecule has 1 aliphatic heterocycles. The second-order valence-corrected chi connectivity index (χ2v) is 8.20. The van der Waals surface area contributed by atoms with Gasteiger partial charge in [0.25, 0.3) is 0 Å². The number of likely N-dealkylation sites (tertiary alicyclic amines) is 1. The van der Waals surface area contributed by atoms with E-state index in [0.717, 1.165) is 47.4 Å². The topological polar surface area (TPSA) is 50.8 Å². The van der Waals surface area contributed by atoms with E-state index in [1.807, 2.05) is 27.7 Å². The Kier molecular flexibility index (Phi) is 6.15. The molecule has 0 spiro atoms. The second kappa shape index (κ2) is 7.74. The number of alkyl carbamates (subject to hydrolysis) is 1. The van der Waals surface area contributed by atoms with E-state index in [4.69, 9.17) is 9.47 Å². The van der Waals surface area contributed by atoms with Crippen molar-refractivity contribution in [3.8, 4) is 5.75 Å². The summed E-state index contributed by atoms with van der Waals surface area (Å²) in [4.78, 5) is 14.2. The molecule has 1 unspecified atom stereocenters. The van der Waals surface area contributed by atoms with Gasteiger partial charge in [0.15, 0.2) is 0 Å². The average molecular weight is 399 g/mol. The predicted octanol–water partition coefficient (Wildman–Crippen LogP) is 3.87. The highest BCUT2D eigenvalue weighted by Gasteiger charge is 2.26. The molecular formula is C18H27BrN2O3. The zero-order valence-electron chi connectivity index (χ0n) is 15.1. The van der Waals surface area contributed by atoms with E-state index in [9.17, 15) is 4.79 Å². The fourth-order valence-corrected chi connectivity index (χ4v) is 3.64. The SMILES string of the molecule is COc1c(C)cc(Br)cc1CN1CCC(NC(=O)OC(C)(C)C)C1. The zero-order chi connectivity index (χ0) is 17.9. The van der Waals surface area contributed by atoms with Crippen LogP contribution in [0.5, 0.6) is 5.75 Å². The van der Waals surface area contributed by atoms with Gasteiger partial charge in [-0.25, -0.2) is 4.79 Å². The molecule has 1 N–H and O–H groups in total. The number of benzene rings is 1. The fourth-order valence-electron chi connectivity index (χ4n) is 3.02. The van der Waals surface area contributed by atoms with E-state index in [1.165, 1.54) is 0 Å². The molecule has 1 aromatic carbocycles. The molecule has 1 aromatic rings. The first-order valence-corrected chi connectivity index (χ1v) is 9.02. The number of hydrogen-bond donors (Lipinski definition) is 1. The van der Waals surface area contributed by atoms with Crippen molar-refractivity contribution >= 4 is 22.0 Å². The van der Waals surface area contributed by atoms with Crippen LogP contribution in [-0.2, 0) is 11.3 Å². The Morgan fingerprint density at radius 3 is 2.75 bits per heavy atom. The number of carbonyl (C=O) groups is 1. The summed E-state index contributed by atoms with van der Waals surface area (Å²) in [5, 5.41) is 2.96. The molecule has 0 saturated carbocycles.